The number of amides is 1. The molecule has 1 amide bonds. The van der Waals surface area contributed by atoms with E-state index in [0.29, 0.717) is 12.5 Å². The number of piperidine rings is 1. The van der Waals surface area contributed by atoms with Gasteiger partial charge in [0.15, 0.2) is 0 Å². The molecule has 1 aromatic carbocycles. The van der Waals surface area contributed by atoms with E-state index in [1.54, 1.807) is 6.20 Å². The molecular formula is C20H24N2O. The third-order valence-electron chi connectivity index (χ3n) is 4.58. The van der Waals surface area contributed by atoms with E-state index >= 15 is 0 Å². The molecule has 3 rings (SSSR count). The van der Waals surface area contributed by atoms with Crippen LogP contribution in [-0.4, -0.2) is 28.4 Å². The van der Waals surface area contributed by atoms with Gasteiger partial charge in [-0.2, -0.15) is 0 Å². The molecule has 0 spiro atoms. The number of benzene rings is 1. The maximum absolute atomic E-state index is 12.7. The Morgan fingerprint density at radius 3 is 2.70 bits per heavy atom. The average molecular weight is 308 g/mol. The van der Waals surface area contributed by atoms with Crippen LogP contribution in [0.4, 0.5) is 0 Å². The molecule has 23 heavy (non-hydrogen) atoms. The molecular weight excluding hydrogens is 284 g/mol. The Morgan fingerprint density at radius 1 is 1.09 bits per heavy atom. The van der Waals surface area contributed by atoms with Crippen molar-refractivity contribution in [3.05, 3.63) is 66.0 Å². The van der Waals surface area contributed by atoms with Crippen molar-refractivity contribution in [2.75, 3.05) is 6.54 Å². The number of nitrogens with zero attached hydrogens (tertiary/aromatic N) is 2. The molecule has 0 aliphatic carbocycles. The predicted octanol–water partition coefficient (Wildman–Crippen LogP) is 3.64. The zero-order valence-electron chi connectivity index (χ0n) is 13.5. The van der Waals surface area contributed by atoms with Gasteiger partial charge in [0.25, 0.3) is 0 Å². The Bertz CT molecular complexity index is 612. The van der Waals surface area contributed by atoms with E-state index in [1.165, 1.54) is 12.0 Å². The number of pyridine rings is 1. The van der Waals surface area contributed by atoms with E-state index in [1.807, 2.05) is 24.3 Å². The van der Waals surface area contributed by atoms with Gasteiger partial charge in [-0.3, -0.25) is 9.78 Å². The SMILES string of the molecule is O=C(CCc1ccccn1)N1CCCCC1Cc1ccccc1. The third-order valence-corrected chi connectivity index (χ3v) is 4.58. The zero-order chi connectivity index (χ0) is 15.9. The molecule has 3 heteroatoms. The minimum atomic E-state index is 0.274. The monoisotopic (exact) mass is 308 g/mol. The van der Waals surface area contributed by atoms with Crippen molar-refractivity contribution >= 4 is 5.91 Å². The highest BCUT2D eigenvalue weighted by molar-refractivity contribution is 5.77. The molecule has 1 fully saturated rings. The first-order valence-electron chi connectivity index (χ1n) is 8.56. The number of likely N-dealkylation sites (tertiary alicyclic amines) is 1. The van der Waals surface area contributed by atoms with Crippen LogP contribution < -0.4 is 0 Å². The number of carbonyl (C=O) groups excluding carboxylic acids is 1. The smallest absolute Gasteiger partial charge is 0.223 e. The molecule has 0 radical (unpaired) electrons. The minimum Gasteiger partial charge on any atom is -0.339 e. The molecule has 0 N–H and O–H groups in total. The first-order valence-corrected chi connectivity index (χ1v) is 8.56. The second-order valence-corrected chi connectivity index (χ2v) is 6.25. The van der Waals surface area contributed by atoms with E-state index in [-0.39, 0.29) is 5.91 Å². The molecule has 1 aromatic heterocycles. The Kier molecular flexibility index (Phi) is 5.41. The second-order valence-electron chi connectivity index (χ2n) is 6.25. The van der Waals surface area contributed by atoms with Gasteiger partial charge in [0.05, 0.1) is 0 Å². The van der Waals surface area contributed by atoms with Gasteiger partial charge in [-0.05, 0) is 49.8 Å². The van der Waals surface area contributed by atoms with E-state index < -0.39 is 0 Å². The predicted molar refractivity (Wildman–Crippen MR) is 92.1 cm³/mol. The van der Waals surface area contributed by atoms with Crippen LogP contribution in [-0.2, 0) is 17.6 Å². The molecule has 1 aliphatic rings. The van der Waals surface area contributed by atoms with Crippen molar-refractivity contribution in [2.45, 2.75) is 44.6 Å². The van der Waals surface area contributed by atoms with Gasteiger partial charge in [-0.25, -0.2) is 0 Å². The summed E-state index contributed by atoms with van der Waals surface area (Å²) in [6.07, 6.45) is 7.51. The van der Waals surface area contributed by atoms with Gasteiger partial charge in [0.1, 0.15) is 0 Å². The zero-order valence-corrected chi connectivity index (χ0v) is 13.5. The van der Waals surface area contributed by atoms with Crippen LogP contribution in [0.15, 0.2) is 54.7 Å². The lowest BCUT2D eigenvalue weighted by molar-refractivity contribution is -0.134. The molecule has 1 atom stereocenters. The first-order chi connectivity index (χ1) is 11.3. The lowest BCUT2D eigenvalue weighted by Crippen LogP contribution is -2.45. The van der Waals surface area contributed by atoms with E-state index in [2.05, 4.69) is 34.1 Å². The lowest BCUT2D eigenvalue weighted by atomic mass is 9.95. The van der Waals surface area contributed by atoms with Gasteiger partial charge in [-0.15, -0.1) is 0 Å². The van der Waals surface area contributed by atoms with Gasteiger partial charge in [0, 0.05) is 30.9 Å². The standard InChI is InChI=1S/C20H24N2O/c23-20(13-12-18-10-4-6-14-21-18)22-15-7-5-11-19(22)16-17-8-2-1-3-9-17/h1-4,6,8-10,14,19H,5,7,11-13,15-16H2. The summed E-state index contributed by atoms with van der Waals surface area (Å²) in [7, 11) is 0. The highest BCUT2D eigenvalue weighted by Crippen LogP contribution is 2.22. The molecule has 1 saturated heterocycles. The number of hydrogen-bond donors (Lipinski definition) is 0. The highest BCUT2D eigenvalue weighted by Gasteiger charge is 2.26. The topological polar surface area (TPSA) is 33.2 Å². The van der Waals surface area contributed by atoms with Crippen molar-refractivity contribution < 1.29 is 4.79 Å². The van der Waals surface area contributed by atoms with Crippen LogP contribution in [0.3, 0.4) is 0 Å². The molecule has 1 aliphatic heterocycles. The van der Waals surface area contributed by atoms with Gasteiger partial charge in [0.2, 0.25) is 5.91 Å². The molecule has 120 valence electrons. The Morgan fingerprint density at radius 2 is 1.91 bits per heavy atom. The van der Waals surface area contributed by atoms with Gasteiger partial charge >= 0.3 is 0 Å². The van der Waals surface area contributed by atoms with Crippen molar-refractivity contribution in [3.8, 4) is 0 Å². The van der Waals surface area contributed by atoms with Gasteiger partial charge < -0.3 is 4.90 Å². The maximum atomic E-state index is 12.7. The Balaban J connectivity index is 1.60. The normalized spacial score (nSPS) is 17.9. The molecule has 2 aromatic rings. The molecule has 0 saturated carbocycles. The van der Waals surface area contributed by atoms with E-state index in [9.17, 15) is 4.79 Å². The number of rotatable bonds is 5. The number of carbonyl (C=O) groups is 1. The Hall–Kier alpha value is -2.16. The first kappa shape index (κ1) is 15.7. The summed E-state index contributed by atoms with van der Waals surface area (Å²) < 4.78 is 0. The number of aromatic nitrogens is 1. The van der Waals surface area contributed by atoms with Crippen LogP contribution in [0.2, 0.25) is 0 Å². The number of hydrogen-bond acceptors (Lipinski definition) is 2. The molecule has 3 nitrogen and oxygen atoms in total. The summed E-state index contributed by atoms with van der Waals surface area (Å²) in [4.78, 5) is 19.1. The van der Waals surface area contributed by atoms with Crippen LogP contribution in [0.25, 0.3) is 0 Å². The molecule has 2 heterocycles. The summed E-state index contributed by atoms with van der Waals surface area (Å²) in [6, 6.07) is 16.7. The summed E-state index contributed by atoms with van der Waals surface area (Å²) >= 11 is 0. The van der Waals surface area contributed by atoms with Crippen molar-refractivity contribution in [2.24, 2.45) is 0 Å². The quantitative estimate of drug-likeness (QED) is 0.845. The largest absolute Gasteiger partial charge is 0.339 e. The fourth-order valence-corrected chi connectivity index (χ4v) is 3.35. The summed E-state index contributed by atoms with van der Waals surface area (Å²) in [5.74, 6) is 0.274. The van der Waals surface area contributed by atoms with Crippen molar-refractivity contribution in [1.82, 2.24) is 9.88 Å². The van der Waals surface area contributed by atoms with Crippen molar-refractivity contribution in [3.63, 3.8) is 0 Å². The van der Waals surface area contributed by atoms with Crippen LogP contribution in [0.5, 0.6) is 0 Å². The van der Waals surface area contributed by atoms with E-state index in [0.717, 1.165) is 37.9 Å². The van der Waals surface area contributed by atoms with Crippen LogP contribution in [0.1, 0.15) is 36.9 Å². The molecule has 1 unspecified atom stereocenters. The summed E-state index contributed by atoms with van der Waals surface area (Å²) in [5.41, 5.74) is 2.32. The lowest BCUT2D eigenvalue weighted by Gasteiger charge is -2.36. The second kappa shape index (κ2) is 7.91. The fourth-order valence-electron chi connectivity index (χ4n) is 3.35. The fraction of sp³-hybridized carbons (Fsp3) is 0.400. The van der Waals surface area contributed by atoms with Crippen LogP contribution in [0, 0.1) is 0 Å². The minimum absolute atomic E-state index is 0.274. The third kappa shape index (κ3) is 4.41. The van der Waals surface area contributed by atoms with Crippen molar-refractivity contribution in [1.29, 1.82) is 0 Å². The van der Waals surface area contributed by atoms with Crippen LogP contribution >= 0.6 is 0 Å². The number of aryl methyl sites for hydroxylation is 1. The summed E-state index contributed by atoms with van der Waals surface area (Å²) in [6.45, 7) is 0.901. The van der Waals surface area contributed by atoms with Gasteiger partial charge in [-0.1, -0.05) is 36.4 Å². The summed E-state index contributed by atoms with van der Waals surface area (Å²) in [5, 5.41) is 0. The highest BCUT2D eigenvalue weighted by atomic mass is 16.2. The molecule has 0 bridgehead atoms. The average Bonchev–Trinajstić information content (AvgIpc) is 2.62. The van der Waals surface area contributed by atoms with E-state index in [4.69, 9.17) is 0 Å². The Labute approximate surface area is 138 Å². The maximum Gasteiger partial charge on any atom is 0.223 e.